The molecule has 0 saturated carbocycles. The van der Waals surface area contributed by atoms with Crippen LogP contribution in [0.3, 0.4) is 0 Å². The molecule has 20 heavy (non-hydrogen) atoms. The van der Waals surface area contributed by atoms with Crippen molar-refractivity contribution in [1.29, 1.82) is 0 Å². The summed E-state index contributed by atoms with van der Waals surface area (Å²) in [6.07, 6.45) is 3.26. The summed E-state index contributed by atoms with van der Waals surface area (Å²) in [6.45, 7) is 0. The van der Waals surface area contributed by atoms with Crippen LogP contribution in [0.5, 0.6) is 5.88 Å². The van der Waals surface area contributed by atoms with Gasteiger partial charge in [0.15, 0.2) is 0 Å². The maximum absolute atomic E-state index is 11.7. The quantitative estimate of drug-likeness (QED) is 0.713. The lowest BCUT2D eigenvalue weighted by atomic mass is 10.2. The standard InChI is InChI=1S/C14H11N3O3/c1-17-13(19)10(12(18)16-14(17)20)7-9-6-8-4-2-3-5-11(8)15-9/h2-7,19H,1H3,(H,16,18,20). The van der Waals surface area contributed by atoms with Crippen LogP contribution < -0.4 is 21.8 Å². The van der Waals surface area contributed by atoms with E-state index in [1.54, 1.807) is 6.08 Å². The molecular weight excluding hydrogens is 258 g/mol. The van der Waals surface area contributed by atoms with Crippen LogP contribution in [0.15, 0.2) is 44.5 Å². The second kappa shape index (κ2) is 4.34. The van der Waals surface area contributed by atoms with Crippen molar-refractivity contribution in [1.82, 2.24) is 9.55 Å². The number of aromatic nitrogens is 2. The first-order valence-electron chi connectivity index (χ1n) is 5.96. The minimum atomic E-state index is -0.662. The summed E-state index contributed by atoms with van der Waals surface area (Å²) in [7, 11) is 1.37. The zero-order valence-electron chi connectivity index (χ0n) is 10.6. The first kappa shape index (κ1) is 12.2. The Morgan fingerprint density at radius 2 is 2.05 bits per heavy atom. The van der Waals surface area contributed by atoms with Crippen LogP contribution in [0.4, 0.5) is 0 Å². The second-order valence-electron chi connectivity index (χ2n) is 4.44. The highest BCUT2D eigenvalue weighted by atomic mass is 16.3. The van der Waals surface area contributed by atoms with Crippen molar-refractivity contribution < 1.29 is 5.11 Å². The lowest BCUT2D eigenvalue weighted by Gasteiger charge is -2.03. The molecule has 2 aromatic rings. The Balaban J connectivity index is 2.21. The maximum atomic E-state index is 11.7. The smallest absolute Gasteiger partial charge is 0.330 e. The Morgan fingerprint density at radius 3 is 2.80 bits per heavy atom. The van der Waals surface area contributed by atoms with Crippen LogP contribution in [0, 0.1) is 0 Å². The summed E-state index contributed by atoms with van der Waals surface area (Å²) in [6, 6.07) is 7.53. The molecule has 0 radical (unpaired) electrons. The zero-order valence-corrected chi connectivity index (χ0v) is 10.6. The van der Waals surface area contributed by atoms with Crippen LogP contribution in [0.25, 0.3) is 12.2 Å². The van der Waals surface area contributed by atoms with Gasteiger partial charge in [-0.3, -0.25) is 14.3 Å². The van der Waals surface area contributed by atoms with E-state index in [1.165, 1.54) is 13.1 Å². The monoisotopic (exact) mass is 269 g/mol. The van der Waals surface area contributed by atoms with Gasteiger partial charge >= 0.3 is 5.69 Å². The number of benzene rings is 1. The number of hydrogen-bond acceptors (Lipinski definition) is 4. The Hall–Kier alpha value is -2.89. The van der Waals surface area contributed by atoms with Crippen LogP contribution in [-0.2, 0) is 7.05 Å². The van der Waals surface area contributed by atoms with Crippen molar-refractivity contribution in [3.8, 4) is 5.88 Å². The third-order valence-corrected chi connectivity index (χ3v) is 3.11. The summed E-state index contributed by atoms with van der Waals surface area (Å²) in [5.41, 5.74) is -0.747. The predicted octanol–water partition coefficient (Wildman–Crippen LogP) is -0.766. The molecule has 0 atom stereocenters. The first-order chi connectivity index (χ1) is 9.56. The van der Waals surface area contributed by atoms with Crippen molar-refractivity contribution in [2.24, 2.45) is 12.0 Å². The molecule has 0 unspecified atom stereocenters. The normalized spacial score (nSPS) is 14.8. The van der Waals surface area contributed by atoms with Gasteiger partial charge < -0.3 is 5.11 Å². The largest absolute Gasteiger partial charge is 0.494 e. The van der Waals surface area contributed by atoms with E-state index in [9.17, 15) is 14.7 Å². The maximum Gasteiger partial charge on any atom is 0.330 e. The fourth-order valence-corrected chi connectivity index (χ4v) is 2.02. The highest BCUT2D eigenvalue weighted by Gasteiger charge is 2.11. The summed E-state index contributed by atoms with van der Waals surface area (Å²) in [5.74, 6) is -0.384. The van der Waals surface area contributed by atoms with E-state index in [4.69, 9.17) is 0 Å². The van der Waals surface area contributed by atoms with E-state index < -0.39 is 11.2 Å². The highest BCUT2D eigenvalue weighted by Crippen LogP contribution is 2.14. The molecule has 6 nitrogen and oxygen atoms in total. The Morgan fingerprint density at radius 1 is 1.30 bits per heavy atom. The number of fused-ring (bicyclic) bond motifs is 1. The molecule has 0 saturated heterocycles. The molecule has 0 spiro atoms. The molecular formula is C14H11N3O3. The van der Waals surface area contributed by atoms with Gasteiger partial charge in [-0.2, -0.15) is 0 Å². The minimum absolute atomic E-state index is 0.00917. The average Bonchev–Trinajstić information content (AvgIpc) is 2.83. The van der Waals surface area contributed by atoms with Gasteiger partial charge in [-0.15, -0.1) is 0 Å². The zero-order chi connectivity index (χ0) is 14.3. The molecule has 0 amide bonds. The van der Waals surface area contributed by atoms with Crippen molar-refractivity contribution in [3.05, 3.63) is 66.9 Å². The molecule has 0 fully saturated rings. The van der Waals surface area contributed by atoms with Crippen LogP contribution >= 0.6 is 0 Å². The first-order valence-corrected chi connectivity index (χ1v) is 5.96. The topological polar surface area (TPSA) is 87.4 Å². The average molecular weight is 269 g/mol. The number of aromatic amines is 1. The molecule has 3 rings (SSSR count). The fourth-order valence-electron chi connectivity index (χ4n) is 2.02. The third kappa shape index (κ3) is 1.87. The van der Waals surface area contributed by atoms with Crippen molar-refractivity contribution in [2.45, 2.75) is 0 Å². The molecule has 1 aliphatic rings. The molecule has 2 N–H and O–H groups in total. The number of H-pyrrole nitrogens is 1. The van der Waals surface area contributed by atoms with Gasteiger partial charge in [0.25, 0.3) is 5.56 Å². The number of allylic oxidation sites excluding steroid dienone is 1. The van der Waals surface area contributed by atoms with Gasteiger partial charge in [0, 0.05) is 12.3 Å². The van der Waals surface area contributed by atoms with Crippen molar-refractivity contribution in [2.75, 3.05) is 0 Å². The number of para-hydroxylation sites is 1. The number of nitrogens with zero attached hydrogens (tertiary/aromatic N) is 2. The third-order valence-electron chi connectivity index (χ3n) is 3.11. The SMILES string of the molecule is Cn1c(O)c(C=C2C=c3ccccc3=N2)c(=O)[nH]c1=O. The van der Waals surface area contributed by atoms with Crippen LogP contribution in [0.1, 0.15) is 5.56 Å². The summed E-state index contributed by atoms with van der Waals surface area (Å²) < 4.78 is 0.968. The van der Waals surface area contributed by atoms with E-state index in [-0.39, 0.29) is 11.4 Å². The summed E-state index contributed by atoms with van der Waals surface area (Å²) in [4.78, 5) is 29.5. The number of nitrogens with one attached hydrogen (secondary N) is 1. The highest BCUT2D eigenvalue weighted by molar-refractivity contribution is 5.67. The molecule has 1 aliphatic heterocycles. The van der Waals surface area contributed by atoms with Gasteiger partial charge in [-0.25, -0.2) is 9.79 Å². The second-order valence-corrected chi connectivity index (χ2v) is 4.44. The Kier molecular flexibility index (Phi) is 2.64. The number of rotatable bonds is 1. The van der Waals surface area contributed by atoms with E-state index in [1.807, 2.05) is 24.3 Å². The molecule has 0 bridgehead atoms. The van der Waals surface area contributed by atoms with Crippen molar-refractivity contribution >= 4 is 12.2 Å². The van der Waals surface area contributed by atoms with Crippen LogP contribution in [-0.4, -0.2) is 14.7 Å². The summed E-state index contributed by atoms with van der Waals surface area (Å²) in [5, 5.41) is 11.6. The lowest BCUT2D eigenvalue weighted by molar-refractivity contribution is 0.416. The minimum Gasteiger partial charge on any atom is -0.494 e. The van der Waals surface area contributed by atoms with E-state index >= 15 is 0 Å². The molecule has 1 aromatic heterocycles. The molecule has 1 aromatic carbocycles. The molecule has 100 valence electrons. The fraction of sp³-hybridized carbons (Fsp3) is 0.0714. The molecule has 0 aliphatic carbocycles. The van der Waals surface area contributed by atoms with Gasteiger partial charge in [0.1, 0.15) is 5.56 Å². The van der Waals surface area contributed by atoms with Gasteiger partial charge in [0.2, 0.25) is 5.88 Å². The Labute approximate surface area is 112 Å². The van der Waals surface area contributed by atoms with Crippen molar-refractivity contribution in [3.63, 3.8) is 0 Å². The Bertz CT molecular complexity index is 927. The molecule has 2 heterocycles. The summed E-state index contributed by atoms with van der Waals surface area (Å²) >= 11 is 0. The van der Waals surface area contributed by atoms with Gasteiger partial charge in [-0.05, 0) is 18.2 Å². The van der Waals surface area contributed by atoms with Gasteiger partial charge in [0.05, 0.1) is 11.1 Å². The predicted molar refractivity (Wildman–Crippen MR) is 73.6 cm³/mol. The van der Waals surface area contributed by atoms with Crippen LogP contribution in [0.2, 0.25) is 0 Å². The lowest BCUT2D eigenvalue weighted by Crippen LogP contribution is -2.29. The van der Waals surface area contributed by atoms with E-state index in [2.05, 4.69) is 9.98 Å². The number of aromatic hydroxyl groups is 1. The van der Waals surface area contributed by atoms with Gasteiger partial charge in [-0.1, -0.05) is 18.2 Å². The number of hydrogen-bond donors (Lipinski definition) is 2. The van der Waals surface area contributed by atoms with E-state index in [0.29, 0.717) is 5.70 Å². The molecule has 6 heteroatoms. The van der Waals surface area contributed by atoms with E-state index in [0.717, 1.165) is 15.1 Å².